The second-order valence-electron chi connectivity index (χ2n) is 6.48. The molecule has 5 nitrogen and oxygen atoms in total. The first kappa shape index (κ1) is 20.4. The molecule has 0 aromatic heterocycles. The zero-order valence-electron chi connectivity index (χ0n) is 15.0. The van der Waals surface area contributed by atoms with Crippen LogP contribution in [0.5, 0.6) is 0 Å². The molecular weight excluding hydrogens is 362 g/mol. The van der Waals surface area contributed by atoms with Crippen LogP contribution in [-0.2, 0) is 14.8 Å². The van der Waals surface area contributed by atoms with E-state index in [2.05, 4.69) is 11.4 Å². The number of carbonyl (C=O) groups is 1. The van der Waals surface area contributed by atoms with Crippen molar-refractivity contribution in [3.8, 4) is 0 Å². The average molecular weight is 386 g/mol. The molecule has 1 aliphatic carbocycles. The zero-order valence-corrected chi connectivity index (χ0v) is 15.8. The molecule has 0 heterocycles. The Bertz CT molecular complexity index is 794. The lowest BCUT2D eigenvalue weighted by molar-refractivity contribution is -0.121. The first-order chi connectivity index (χ1) is 12.2. The van der Waals surface area contributed by atoms with E-state index in [9.17, 15) is 22.0 Å². The number of rotatable bonds is 7. The smallest absolute Gasteiger partial charge is 0.243 e. The molecule has 1 aromatic carbocycles. The van der Waals surface area contributed by atoms with Crippen molar-refractivity contribution in [1.82, 2.24) is 5.32 Å². The van der Waals surface area contributed by atoms with E-state index >= 15 is 0 Å². The molecule has 0 aliphatic heterocycles. The average Bonchev–Trinajstić information content (AvgIpc) is 2.58. The third kappa shape index (κ3) is 5.27. The molecule has 0 radical (unpaired) electrons. The Morgan fingerprint density at radius 1 is 1.27 bits per heavy atom. The number of amides is 1. The minimum absolute atomic E-state index is 0.0935. The van der Waals surface area contributed by atoms with Gasteiger partial charge in [0.25, 0.3) is 0 Å². The largest absolute Gasteiger partial charge is 0.354 e. The van der Waals surface area contributed by atoms with Gasteiger partial charge in [0, 0.05) is 12.6 Å². The molecule has 26 heavy (non-hydrogen) atoms. The molecule has 2 rings (SSSR count). The molecule has 8 heteroatoms. The summed E-state index contributed by atoms with van der Waals surface area (Å²) in [6.45, 7) is 1.82. The second-order valence-corrected chi connectivity index (χ2v) is 8.34. The maximum atomic E-state index is 13.5. The first-order valence-corrected chi connectivity index (χ1v) is 10.4. The van der Waals surface area contributed by atoms with Crippen LogP contribution in [0.25, 0.3) is 0 Å². The number of nitrogens with one attached hydrogen (secondary N) is 1. The SMILES string of the molecule is C[C@H](C(=O)NCCC1=CCCCC1)N(c1ccc(F)c(F)c1)S(C)(=O)=O. The Morgan fingerprint density at radius 2 is 2.00 bits per heavy atom. The standard InChI is InChI=1S/C18H24F2N2O3S/c1-13(18(23)21-11-10-14-6-4-3-5-7-14)22(26(2,24)25)15-8-9-16(19)17(20)12-15/h6,8-9,12-13H,3-5,7,10-11H2,1-2H3,(H,21,23)/t13-/m1/s1. The third-order valence-corrected chi connectivity index (χ3v) is 5.62. The van der Waals surface area contributed by atoms with E-state index in [-0.39, 0.29) is 5.69 Å². The minimum Gasteiger partial charge on any atom is -0.354 e. The molecule has 1 N–H and O–H groups in total. The summed E-state index contributed by atoms with van der Waals surface area (Å²) < 4.78 is 51.7. The van der Waals surface area contributed by atoms with Crippen molar-refractivity contribution in [2.45, 2.75) is 45.1 Å². The predicted molar refractivity (Wildman–Crippen MR) is 97.3 cm³/mol. The van der Waals surface area contributed by atoms with Gasteiger partial charge in [-0.1, -0.05) is 11.6 Å². The van der Waals surface area contributed by atoms with Crippen LogP contribution in [0.2, 0.25) is 0 Å². The first-order valence-electron chi connectivity index (χ1n) is 8.60. The number of sulfonamides is 1. The summed E-state index contributed by atoms with van der Waals surface area (Å²) in [6, 6.07) is 1.65. The fourth-order valence-electron chi connectivity index (χ4n) is 3.06. The minimum atomic E-state index is -3.87. The summed E-state index contributed by atoms with van der Waals surface area (Å²) in [5.41, 5.74) is 1.20. The Kier molecular flexibility index (Phi) is 6.75. The Labute approximate surface area is 153 Å². The number of anilines is 1. The quantitative estimate of drug-likeness (QED) is 0.732. The molecule has 0 saturated carbocycles. The van der Waals surface area contributed by atoms with Crippen molar-refractivity contribution < 1.29 is 22.0 Å². The molecule has 1 aliphatic rings. The van der Waals surface area contributed by atoms with Gasteiger partial charge >= 0.3 is 0 Å². The van der Waals surface area contributed by atoms with Gasteiger partial charge in [0.2, 0.25) is 15.9 Å². The van der Waals surface area contributed by atoms with E-state index < -0.39 is 33.6 Å². The summed E-state index contributed by atoms with van der Waals surface area (Å²) in [5.74, 6) is -2.75. The highest BCUT2D eigenvalue weighted by Crippen LogP contribution is 2.23. The van der Waals surface area contributed by atoms with Gasteiger partial charge in [-0.25, -0.2) is 17.2 Å². The highest BCUT2D eigenvalue weighted by Gasteiger charge is 2.29. The van der Waals surface area contributed by atoms with Crippen molar-refractivity contribution in [3.63, 3.8) is 0 Å². The van der Waals surface area contributed by atoms with Gasteiger partial charge in [-0.15, -0.1) is 0 Å². The molecule has 1 aromatic rings. The lowest BCUT2D eigenvalue weighted by Crippen LogP contribution is -2.48. The molecule has 0 fully saturated rings. The van der Waals surface area contributed by atoms with E-state index in [1.165, 1.54) is 18.9 Å². The number of benzene rings is 1. The highest BCUT2D eigenvalue weighted by molar-refractivity contribution is 7.92. The maximum absolute atomic E-state index is 13.5. The van der Waals surface area contributed by atoms with E-state index in [0.717, 1.165) is 54.4 Å². The molecule has 0 bridgehead atoms. The van der Waals surface area contributed by atoms with Crippen LogP contribution in [0.15, 0.2) is 29.8 Å². The van der Waals surface area contributed by atoms with E-state index in [0.29, 0.717) is 6.54 Å². The number of hydrogen-bond acceptors (Lipinski definition) is 3. The predicted octanol–water partition coefficient (Wildman–Crippen LogP) is 3.13. The number of hydrogen-bond donors (Lipinski definition) is 1. The summed E-state index contributed by atoms with van der Waals surface area (Å²) in [6.07, 6.45) is 8.24. The second kappa shape index (κ2) is 8.62. The molecular formula is C18H24F2N2O3S. The summed E-state index contributed by atoms with van der Waals surface area (Å²) >= 11 is 0. The summed E-state index contributed by atoms with van der Waals surface area (Å²) in [7, 11) is -3.87. The Hall–Kier alpha value is -1.96. The van der Waals surface area contributed by atoms with Crippen LogP contribution in [-0.4, -0.2) is 33.2 Å². The van der Waals surface area contributed by atoms with E-state index in [4.69, 9.17) is 0 Å². The number of nitrogens with zero attached hydrogens (tertiary/aromatic N) is 1. The van der Waals surface area contributed by atoms with Crippen LogP contribution in [0, 0.1) is 11.6 Å². The number of carbonyl (C=O) groups excluding carboxylic acids is 1. The van der Waals surface area contributed by atoms with Gasteiger partial charge in [-0.2, -0.15) is 0 Å². The molecule has 144 valence electrons. The molecule has 0 unspecified atom stereocenters. The van der Waals surface area contributed by atoms with E-state index in [1.54, 1.807) is 0 Å². The van der Waals surface area contributed by atoms with Crippen LogP contribution >= 0.6 is 0 Å². The normalized spacial score (nSPS) is 15.9. The summed E-state index contributed by atoms with van der Waals surface area (Å²) in [5, 5.41) is 2.72. The van der Waals surface area contributed by atoms with Gasteiger partial charge in [0.1, 0.15) is 6.04 Å². The molecule has 1 amide bonds. The third-order valence-electron chi connectivity index (χ3n) is 4.38. The van der Waals surface area contributed by atoms with Crippen molar-refractivity contribution in [3.05, 3.63) is 41.5 Å². The highest BCUT2D eigenvalue weighted by atomic mass is 32.2. The van der Waals surface area contributed by atoms with Gasteiger partial charge in [0.05, 0.1) is 11.9 Å². The van der Waals surface area contributed by atoms with E-state index in [1.807, 2.05) is 0 Å². The van der Waals surface area contributed by atoms with Crippen molar-refractivity contribution in [2.24, 2.45) is 0 Å². The van der Waals surface area contributed by atoms with Gasteiger partial charge in [0.15, 0.2) is 11.6 Å². The molecule has 1 atom stereocenters. The fraction of sp³-hybridized carbons (Fsp3) is 0.500. The summed E-state index contributed by atoms with van der Waals surface area (Å²) in [4.78, 5) is 12.4. The lowest BCUT2D eigenvalue weighted by atomic mass is 9.97. The Balaban J connectivity index is 2.08. The zero-order chi connectivity index (χ0) is 19.3. The van der Waals surface area contributed by atoms with Crippen LogP contribution in [0.3, 0.4) is 0 Å². The van der Waals surface area contributed by atoms with Crippen molar-refractivity contribution in [1.29, 1.82) is 0 Å². The van der Waals surface area contributed by atoms with Crippen LogP contribution in [0.1, 0.15) is 39.0 Å². The molecule has 0 spiro atoms. The lowest BCUT2D eigenvalue weighted by Gasteiger charge is -2.28. The fourth-order valence-corrected chi connectivity index (χ4v) is 4.22. The molecule has 0 saturated heterocycles. The van der Waals surface area contributed by atoms with Gasteiger partial charge < -0.3 is 5.32 Å². The topological polar surface area (TPSA) is 66.5 Å². The van der Waals surface area contributed by atoms with Crippen LogP contribution in [0.4, 0.5) is 14.5 Å². The number of allylic oxidation sites excluding steroid dienone is 1. The maximum Gasteiger partial charge on any atom is 0.243 e. The van der Waals surface area contributed by atoms with Gasteiger partial charge in [-0.3, -0.25) is 9.10 Å². The van der Waals surface area contributed by atoms with Crippen molar-refractivity contribution >= 4 is 21.6 Å². The number of halogens is 2. The van der Waals surface area contributed by atoms with Crippen molar-refractivity contribution in [2.75, 3.05) is 17.1 Å². The monoisotopic (exact) mass is 386 g/mol. The van der Waals surface area contributed by atoms with Crippen LogP contribution < -0.4 is 9.62 Å². The van der Waals surface area contributed by atoms with Gasteiger partial charge in [-0.05, 0) is 51.2 Å². The Morgan fingerprint density at radius 3 is 2.58 bits per heavy atom.